The van der Waals surface area contributed by atoms with Gasteiger partial charge in [0.1, 0.15) is 11.9 Å². The Balaban J connectivity index is 1.90. The molecule has 2 atom stereocenters. The number of nitrogens with two attached hydrogens (primary N) is 1. The van der Waals surface area contributed by atoms with Gasteiger partial charge in [-0.15, -0.1) is 0 Å². The lowest BCUT2D eigenvalue weighted by molar-refractivity contribution is 0.0651. The number of nitrogens with zero attached hydrogens (tertiary/aromatic N) is 2. The molecule has 4 nitrogen and oxygen atoms in total. The average Bonchev–Trinajstić information content (AvgIpc) is 2.83. The number of hydrogen-bond acceptors (Lipinski definition) is 3. The van der Waals surface area contributed by atoms with E-state index in [1.54, 1.807) is 17.0 Å². The van der Waals surface area contributed by atoms with E-state index in [2.05, 4.69) is 27.6 Å². The Morgan fingerprint density at radius 2 is 1.60 bits per heavy atom. The van der Waals surface area contributed by atoms with E-state index in [-0.39, 0.29) is 11.9 Å². The summed E-state index contributed by atoms with van der Waals surface area (Å²) in [6.45, 7) is 1.98. The Hall–Kier alpha value is -2.09. The Morgan fingerprint density at radius 1 is 1.00 bits per heavy atom. The maximum atomic E-state index is 13.8. The molecule has 0 saturated heterocycles. The number of halogens is 3. The summed E-state index contributed by atoms with van der Waals surface area (Å²) in [7, 11) is 0. The first-order valence-electron chi connectivity index (χ1n) is 9.32. The quantitative estimate of drug-likeness (QED) is 0.377. The number of carbonyl (C=O) groups is 1. The normalized spacial score (nSPS) is 17.2. The van der Waals surface area contributed by atoms with Gasteiger partial charge in [-0.05, 0) is 83.1 Å². The van der Waals surface area contributed by atoms with Crippen LogP contribution in [-0.2, 0) is 0 Å². The second kappa shape index (κ2) is 8.57. The molecule has 7 heteroatoms. The zero-order valence-corrected chi connectivity index (χ0v) is 19.7. The first-order valence-corrected chi connectivity index (χ1v) is 11.2. The van der Waals surface area contributed by atoms with Crippen LogP contribution in [-0.4, -0.2) is 16.6 Å². The number of benzene rings is 3. The van der Waals surface area contributed by atoms with E-state index in [1.807, 2.05) is 61.5 Å². The van der Waals surface area contributed by atoms with E-state index in [0.717, 1.165) is 14.7 Å². The highest BCUT2D eigenvalue weighted by molar-refractivity contribution is 14.1. The van der Waals surface area contributed by atoms with Crippen LogP contribution in [0.15, 0.2) is 71.7 Å². The second-order valence-corrected chi connectivity index (χ2v) is 9.21. The minimum atomic E-state index is -0.537. The summed E-state index contributed by atoms with van der Waals surface area (Å²) in [5.41, 5.74) is 9.39. The Kier molecular flexibility index (Phi) is 6.04. The summed E-state index contributed by atoms with van der Waals surface area (Å²) in [5, 5.41) is 1.26. The van der Waals surface area contributed by atoms with Gasteiger partial charge in [-0.1, -0.05) is 47.5 Å². The second-order valence-electron chi connectivity index (χ2n) is 7.09. The Labute approximate surface area is 198 Å². The summed E-state index contributed by atoms with van der Waals surface area (Å²) in [6, 6.07) is 19.6. The molecule has 0 aromatic heterocycles. The van der Waals surface area contributed by atoms with Crippen LogP contribution < -0.4 is 5.73 Å². The van der Waals surface area contributed by atoms with Crippen molar-refractivity contribution in [2.24, 2.45) is 10.7 Å². The fourth-order valence-electron chi connectivity index (χ4n) is 3.65. The zero-order chi connectivity index (χ0) is 21.4. The first kappa shape index (κ1) is 21.2. The summed E-state index contributed by atoms with van der Waals surface area (Å²) in [4.78, 5) is 20.2. The summed E-state index contributed by atoms with van der Waals surface area (Å²) >= 11 is 14.4. The molecule has 1 amide bonds. The molecule has 0 spiro atoms. The third-order valence-electron chi connectivity index (χ3n) is 5.19. The number of carbonyl (C=O) groups excluding carboxylic acids is 1. The van der Waals surface area contributed by atoms with Gasteiger partial charge >= 0.3 is 0 Å². The van der Waals surface area contributed by atoms with Gasteiger partial charge in [-0.3, -0.25) is 4.79 Å². The minimum absolute atomic E-state index is 0.130. The number of aliphatic imine (C=N–C) groups is 1. The van der Waals surface area contributed by atoms with Gasteiger partial charge in [0.25, 0.3) is 5.91 Å². The predicted molar refractivity (Wildman–Crippen MR) is 131 cm³/mol. The van der Waals surface area contributed by atoms with E-state index in [0.29, 0.717) is 27.1 Å². The maximum Gasteiger partial charge on any atom is 0.257 e. The molecule has 0 bridgehead atoms. The van der Waals surface area contributed by atoms with Crippen LogP contribution in [0, 0.1) is 3.57 Å². The molecule has 1 aliphatic rings. The fraction of sp³-hybridized carbons (Fsp3) is 0.130. The van der Waals surface area contributed by atoms with E-state index in [1.165, 1.54) is 0 Å². The van der Waals surface area contributed by atoms with E-state index < -0.39 is 6.04 Å². The highest BCUT2D eigenvalue weighted by atomic mass is 127. The van der Waals surface area contributed by atoms with Crippen molar-refractivity contribution in [1.82, 2.24) is 4.90 Å². The molecular formula is C23H18Cl2IN3O. The van der Waals surface area contributed by atoms with Crippen molar-refractivity contribution < 1.29 is 4.79 Å². The van der Waals surface area contributed by atoms with Gasteiger partial charge in [0.05, 0.1) is 17.3 Å². The molecule has 1 heterocycles. The number of fused-ring (bicyclic) bond motifs is 1. The minimum Gasteiger partial charge on any atom is -0.385 e. The number of amidine groups is 1. The van der Waals surface area contributed by atoms with Crippen LogP contribution in [0.3, 0.4) is 0 Å². The number of amides is 1. The van der Waals surface area contributed by atoms with Gasteiger partial charge in [0.15, 0.2) is 0 Å². The molecule has 0 unspecified atom stereocenters. The fourth-order valence-corrected chi connectivity index (χ4v) is 4.40. The molecule has 0 fully saturated rings. The highest BCUT2D eigenvalue weighted by Gasteiger charge is 2.36. The van der Waals surface area contributed by atoms with E-state index in [4.69, 9.17) is 28.9 Å². The van der Waals surface area contributed by atoms with Crippen molar-refractivity contribution in [2.75, 3.05) is 0 Å². The third kappa shape index (κ3) is 4.06. The molecule has 30 heavy (non-hydrogen) atoms. The molecule has 152 valence electrons. The number of rotatable bonds is 3. The number of hydrogen-bond donors (Lipinski definition) is 1. The molecule has 3 aromatic rings. The summed E-state index contributed by atoms with van der Waals surface area (Å²) in [6.07, 6.45) is 0. The SMILES string of the molecule is C[C@H](c1ccc(Cl)cc1)N1C(=O)c2cc(I)ccc2N=C(N)[C@@H]1c1ccc(Cl)cc1. The molecular weight excluding hydrogens is 532 g/mol. The lowest BCUT2D eigenvalue weighted by atomic mass is 9.98. The summed E-state index contributed by atoms with van der Waals surface area (Å²) < 4.78 is 0.956. The molecule has 1 aliphatic heterocycles. The van der Waals surface area contributed by atoms with Crippen molar-refractivity contribution in [3.8, 4) is 0 Å². The molecule has 0 saturated carbocycles. The van der Waals surface area contributed by atoms with Crippen molar-refractivity contribution in [2.45, 2.75) is 19.0 Å². The molecule has 2 N–H and O–H groups in total. The maximum absolute atomic E-state index is 13.8. The Morgan fingerprint density at radius 3 is 2.23 bits per heavy atom. The first-order chi connectivity index (χ1) is 14.3. The third-order valence-corrected chi connectivity index (χ3v) is 6.36. The van der Waals surface area contributed by atoms with Gasteiger partial charge in [0, 0.05) is 13.6 Å². The van der Waals surface area contributed by atoms with Crippen molar-refractivity contribution in [3.05, 3.63) is 97.0 Å². The predicted octanol–water partition coefficient (Wildman–Crippen LogP) is 6.55. The van der Waals surface area contributed by atoms with E-state index in [9.17, 15) is 4.79 Å². The summed E-state index contributed by atoms with van der Waals surface area (Å²) in [5.74, 6) is 0.224. The molecule has 3 aromatic carbocycles. The van der Waals surface area contributed by atoms with Crippen molar-refractivity contribution in [1.29, 1.82) is 0 Å². The monoisotopic (exact) mass is 549 g/mol. The topological polar surface area (TPSA) is 58.7 Å². The standard InChI is InChI=1S/C23H18Cl2IN3O/c1-13(14-2-6-16(24)7-3-14)29-21(15-4-8-17(25)9-5-15)22(27)28-20-11-10-18(26)12-19(20)23(29)30/h2-13,21H,1H3,(H2,27,28)/t13-,21+/m1/s1. The van der Waals surface area contributed by atoms with Crippen LogP contribution in [0.5, 0.6) is 0 Å². The van der Waals surface area contributed by atoms with Crippen molar-refractivity contribution >= 4 is 63.2 Å². The van der Waals surface area contributed by atoms with Gasteiger partial charge < -0.3 is 10.6 Å². The van der Waals surface area contributed by atoms with Crippen LogP contribution in [0.2, 0.25) is 10.0 Å². The molecule has 4 rings (SSSR count). The lowest BCUT2D eigenvalue weighted by Crippen LogP contribution is -2.42. The van der Waals surface area contributed by atoms with Gasteiger partial charge in [-0.25, -0.2) is 4.99 Å². The molecule has 0 radical (unpaired) electrons. The van der Waals surface area contributed by atoms with Gasteiger partial charge in [0.2, 0.25) is 0 Å². The lowest BCUT2D eigenvalue weighted by Gasteiger charge is -2.36. The highest BCUT2D eigenvalue weighted by Crippen LogP contribution is 2.38. The van der Waals surface area contributed by atoms with Gasteiger partial charge in [-0.2, -0.15) is 0 Å². The van der Waals surface area contributed by atoms with Crippen LogP contribution in [0.4, 0.5) is 5.69 Å². The van der Waals surface area contributed by atoms with Crippen LogP contribution in [0.1, 0.15) is 40.5 Å². The smallest absolute Gasteiger partial charge is 0.257 e. The average molecular weight is 550 g/mol. The van der Waals surface area contributed by atoms with Crippen LogP contribution in [0.25, 0.3) is 0 Å². The zero-order valence-electron chi connectivity index (χ0n) is 16.0. The van der Waals surface area contributed by atoms with Crippen LogP contribution >= 0.6 is 45.8 Å². The van der Waals surface area contributed by atoms with Crippen molar-refractivity contribution in [3.63, 3.8) is 0 Å². The van der Waals surface area contributed by atoms with E-state index >= 15 is 0 Å². The Bertz CT molecular complexity index is 1130. The molecule has 0 aliphatic carbocycles. The largest absolute Gasteiger partial charge is 0.385 e.